The molecule has 4 heteroatoms. The number of ether oxygens (including phenoxy) is 2. The van der Waals surface area contributed by atoms with Crippen LogP contribution in [0, 0.1) is 0 Å². The largest absolute Gasteiger partial charge is 0.497 e. The van der Waals surface area contributed by atoms with E-state index < -0.39 is 0 Å². The molecule has 4 nitrogen and oxygen atoms in total. The van der Waals surface area contributed by atoms with Crippen molar-refractivity contribution in [3.05, 3.63) is 29.8 Å². The number of hydrogen-bond donors (Lipinski definition) is 1. The smallest absolute Gasteiger partial charge is 0.305 e. The summed E-state index contributed by atoms with van der Waals surface area (Å²) < 4.78 is 10.1. The molecule has 0 fully saturated rings. The molecule has 0 spiro atoms. The van der Waals surface area contributed by atoms with E-state index in [1.54, 1.807) is 14.0 Å². The average Bonchev–Trinajstić information content (AvgIpc) is 2.43. The van der Waals surface area contributed by atoms with Crippen molar-refractivity contribution >= 4 is 5.97 Å². The molecule has 0 saturated heterocycles. The number of carbonyl (C=O) groups is 1. The first kappa shape index (κ1) is 14.5. The second-order valence-electron chi connectivity index (χ2n) is 3.95. The van der Waals surface area contributed by atoms with Gasteiger partial charge in [-0.05, 0) is 30.7 Å². The van der Waals surface area contributed by atoms with Gasteiger partial charge in [0.2, 0.25) is 0 Å². The van der Waals surface area contributed by atoms with E-state index in [9.17, 15) is 4.79 Å². The molecular formula is C14H21NO3. The van der Waals surface area contributed by atoms with Crippen LogP contribution in [-0.2, 0) is 16.1 Å². The summed E-state index contributed by atoms with van der Waals surface area (Å²) in [5.41, 5.74) is 1.21. The third-order valence-corrected chi connectivity index (χ3v) is 2.54. The number of nitrogens with one attached hydrogen (secondary N) is 1. The van der Waals surface area contributed by atoms with Crippen LogP contribution < -0.4 is 10.1 Å². The van der Waals surface area contributed by atoms with E-state index in [0.29, 0.717) is 13.0 Å². The van der Waals surface area contributed by atoms with Gasteiger partial charge in [0.25, 0.3) is 0 Å². The number of methoxy groups -OCH3 is 1. The minimum Gasteiger partial charge on any atom is -0.497 e. The zero-order valence-corrected chi connectivity index (χ0v) is 11.1. The summed E-state index contributed by atoms with van der Waals surface area (Å²) in [6.45, 7) is 3.93. The Hall–Kier alpha value is -1.55. The molecular weight excluding hydrogens is 230 g/mol. The zero-order chi connectivity index (χ0) is 13.2. The summed E-state index contributed by atoms with van der Waals surface area (Å²) in [4.78, 5) is 10.9. The van der Waals surface area contributed by atoms with Crippen LogP contribution in [0.25, 0.3) is 0 Å². The van der Waals surface area contributed by atoms with Crippen LogP contribution in [0.4, 0.5) is 0 Å². The second-order valence-corrected chi connectivity index (χ2v) is 3.95. The Bertz CT molecular complexity index is 349. The molecule has 0 saturated carbocycles. The highest BCUT2D eigenvalue weighted by atomic mass is 16.5. The predicted octanol–water partition coefficient (Wildman–Crippen LogP) is 2.13. The van der Waals surface area contributed by atoms with Gasteiger partial charge in [0, 0.05) is 13.0 Å². The van der Waals surface area contributed by atoms with Gasteiger partial charge in [-0.3, -0.25) is 4.79 Å². The van der Waals surface area contributed by atoms with Gasteiger partial charge in [0.1, 0.15) is 5.75 Å². The lowest BCUT2D eigenvalue weighted by atomic mass is 10.2. The summed E-state index contributed by atoms with van der Waals surface area (Å²) >= 11 is 0. The summed E-state index contributed by atoms with van der Waals surface area (Å²) in [6.07, 6.45) is 1.28. The molecule has 0 aliphatic carbocycles. The fourth-order valence-electron chi connectivity index (χ4n) is 1.46. The van der Waals surface area contributed by atoms with Gasteiger partial charge >= 0.3 is 5.97 Å². The summed E-state index contributed by atoms with van der Waals surface area (Å²) in [7, 11) is 1.66. The van der Waals surface area contributed by atoms with Crippen molar-refractivity contribution in [2.45, 2.75) is 26.3 Å². The van der Waals surface area contributed by atoms with Gasteiger partial charge in [-0.25, -0.2) is 0 Å². The van der Waals surface area contributed by atoms with Crippen molar-refractivity contribution < 1.29 is 14.3 Å². The fraction of sp³-hybridized carbons (Fsp3) is 0.500. The summed E-state index contributed by atoms with van der Waals surface area (Å²) in [5.74, 6) is 0.732. The van der Waals surface area contributed by atoms with E-state index in [1.165, 1.54) is 5.56 Å². The molecule has 1 rings (SSSR count). The Morgan fingerprint density at radius 2 is 2.00 bits per heavy atom. The van der Waals surface area contributed by atoms with Crippen LogP contribution in [0.1, 0.15) is 25.3 Å². The van der Waals surface area contributed by atoms with Crippen LogP contribution in [0.2, 0.25) is 0 Å². The minimum absolute atomic E-state index is 0.134. The van der Waals surface area contributed by atoms with Gasteiger partial charge in [0.05, 0.1) is 13.7 Å². The fourth-order valence-corrected chi connectivity index (χ4v) is 1.46. The van der Waals surface area contributed by atoms with E-state index in [1.807, 2.05) is 24.3 Å². The molecule has 0 aliphatic rings. The minimum atomic E-state index is -0.134. The zero-order valence-electron chi connectivity index (χ0n) is 11.1. The van der Waals surface area contributed by atoms with Crippen molar-refractivity contribution in [1.82, 2.24) is 5.32 Å². The van der Waals surface area contributed by atoms with Crippen molar-refractivity contribution in [2.75, 3.05) is 20.3 Å². The quantitative estimate of drug-likeness (QED) is 0.568. The number of carbonyl (C=O) groups excluding carboxylic acids is 1. The highest BCUT2D eigenvalue weighted by molar-refractivity contribution is 5.68. The lowest BCUT2D eigenvalue weighted by molar-refractivity contribution is -0.143. The van der Waals surface area contributed by atoms with E-state index >= 15 is 0 Å². The standard InChI is InChI=1S/C14H21NO3/c1-3-14(16)18-10-4-9-15-11-12-5-7-13(17-2)8-6-12/h5-8,15H,3-4,9-11H2,1-2H3. The maximum absolute atomic E-state index is 10.9. The van der Waals surface area contributed by atoms with Crippen LogP contribution in [0.5, 0.6) is 5.75 Å². The second kappa shape index (κ2) is 8.53. The van der Waals surface area contributed by atoms with Gasteiger partial charge in [-0.2, -0.15) is 0 Å². The molecule has 0 unspecified atom stereocenters. The van der Waals surface area contributed by atoms with Crippen LogP contribution >= 0.6 is 0 Å². The number of hydrogen-bond acceptors (Lipinski definition) is 4. The monoisotopic (exact) mass is 251 g/mol. The molecule has 0 amide bonds. The molecule has 0 heterocycles. The Balaban J connectivity index is 2.08. The van der Waals surface area contributed by atoms with E-state index in [2.05, 4.69) is 5.32 Å². The number of esters is 1. The highest BCUT2D eigenvalue weighted by Crippen LogP contribution is 2.10. The Morgan fingerprint density at radius 1 is 1.28 bits per heavy atom. The Labute approximate surface area is 108 Å². The van der Waals surface area contributed by atoms with Gasteiger partial charge in [-0.15, -0.1) is 0 Å². The van der Waals surface area contributed by atoms with Crippen LogP contribution in [0.15, 0.2) is 24.3 Å². The molecule has 100 valence electrons. The lowest BCUT2D eigenvalue weighted by Gasteiger charge is -2.06. The van der Waals surface area contributed by atoms with Crippen molar-refractivity contribution in [1.29, 1.82) is 0 Å². The first-order chi connectivity index (χ1) is 8.76. The molecule has 18 heavy (non-hydrogen) atoms. The van der Waals surface area contributed by atoms with Crippen molar-refractivity contribution in [2.24, 2.45) is 0 Å². The first-order valence-corrected chi connectivity index (χ1v) is 6.25. The molecule has 0 atom stereocenters. The molecule has 1 aromatic carbocycles. The number of benzene rings is 1. The molecule has 0 aliphatic heterocycles. The van der Waals surface area contributed by atoms with E-state index in [-0.39, 0.29) is 5.97 Å². The van der Waals surface area contributed by atoms with Crippen LogP contribution in [0.3, 0.4) is 0 Å². The molecule has 1 aromatic rings. The normalized spacial score (nSPS) is 10.1. The predicted molar refractivity (Wildman–Crippen MR) is 70.6 cm³/mol. The summed E-state index contributed by atoms with van der Waals surface area (Å²) in [5, 5.41) is 3.30. The lowest BCUT2D eigenvalue weighted by Crippen LogP contribution is -2.17. The topological polar surface area (TPSA) is 47.6 Å². The van der Waals surface area contributed by atoms with Gasteiger partial charge in [0.15, 0.2) is 0 Å². The molecule has 0 aromatic heterocycles. The van der Waals surface area contributed by atoms with Gasteiger partial charge in [-0.1, -0.05) is 19.1 Å². The molecule has 0 bridgehead atoms. The third-order valence-electron chi connectivity index (χ3n) is 2.54. The van der Waals surface area contributed by atoms with E-state index in [0.717, 1.165) is 25.3 Å². The number of rotatable bonds is 8. The summed E-state index contributed by atoms with van der Waals surface area (Å²) in [6, 6.07) is 7.95. The molecule has 0 radical (unpaired) electrons. The van der Waals surface area contributed by atoms with Crippen LogP contribution in [-0.4, -0.2) is 26.2 Å². The molecule has 1 N–H and O–H groups in total. The average molecular weight is 251 g/mol. The van der Waals surface area contributed by atoms with Crippen molar-refractivity contribution in [3.8, 4) is 5.75 Å². The Kier molecular flexibility index (Phi) is 6.87. The SMILES string of the molecule is CCC(=O)OCCCNCc1ccc(OC)cc1. The first-order valence-electron chi connectivity index (χ1n) is 6.25. The third kappa shape index (κ3) is 5.68. The van der Waals surface area contributed by atoms with Gasteiger partial charge < -0.3 is 14.8 Å². The maximum atomic E-state index is 10.9. The highest BCUT2D eigenvalue weighted by Gasteiger charge is 1.97. The Morgan fingerprint density at radius 3 is 2.61 bits per heavy atom. The maximum Gasteiger partial charge on any atom is 0.305 e. The van der Waals surface area contributed by atoms with E-state index in [4.69, 9.17) is 9.47 Å². The van der Waals surface area contributed by atoms with Crippen molar-refractivity contribution in [3.63, 3.8) is 0 Å².